The molecule has 0 saturated heterocycles. The second kappa shape index (κ2) is 16.0. The van der Waals surface area contributed by atoms with Gasteiger partial charge in [-0.05, 0) is 50.5 Å². The van der Waals surface area contributed by atoms with Gasteiger partial charge in [0.1, 0.15) is 10.6 Å². The topological polar surface area (TPSA) is 78.8 Å². The maximum absolute atomic E-state index is 10.6. The van der Waals surface area contributed by atoms with E-state index in [2.05, 4.69) is 44.4 Å². The van der Waals surface area contributed by atoms with Crippen LogP contribution in [0.4, 0.5) is 5.69 Å². The third kappa shape index (κ3) is 18.5. The van der Waals surface area contributed by atoms with Crippen LogP contribution < -0.4 is 5.32 Å². The van der Waals surface area contributed by atoms with E-state index in [9.17, 15) is 9.90 Å². The summed E-state index contributed by atoms with van der Waals surface area (Å²) in [6, 6.07) is 4.76. The number of aldehydes is 1. The van der Waals surface area contributed by atoms with Crippen LogP contribution in [-0.4, -0.2) is 45.9 Å². The predicted octanol–water partition coefficient (Wildman–Crippen LogP) is 5.04. The van der Waals surface area contributed by atoms with Crippen LogP contribution in [0, 0.1) is 5.92 Å². The largest absolute Gasteiger partial charge is 0.507 e. The van der Waals surface area contributed by atoms with Crippen molar-refractivity contribution in [2.24, 2.45) is 5.92 Å². The van der Waals surface area contributed by atoms with Crippen LogP contribution in [0.2, 0.25) is 0 Å². The fourth-order valence-corrected chi connectivity index (χ4v) is 1.86. The van der Waals surface area contributed by atoms with Gasteiger partial charge in [-0.15, -0.1) is 12.6 Å². The van der Waals surface area contributed by atoms with Crippen LogP contribution in [0.3, 0.4) is 0 Å². The molecule has 3 N–H and O–H groups in total. The van der Waals surface area contributed by atoms with E-state index in [4.69, 9.17) is 9.84 Å². The number of rotatable bonds is 8. The monoisotopic (exact) mass is 433 g/mol. The molecule has 0 bridgehead atoms. The minimum atomic E-state index is -0.556. The molecule has 0 spiro atoms. The number of aromatic hydroxyl groups is 1. The van der Waals surface area contributed by atoms with Crippen molar-refractivity contribution in [3.05, 3.63) is 23.8 Å². The Balaban J connectivity index is 0. The molecule has 0 aromatic heterocycles. The summed E-state index contributed by atoms with van der Waals surface area (Å²) in [7, 11) is 0. The number of thiol groups is 2. The van der Waals surface area contributed by atoms with Gasteiger partial charge in [-0.1, -0.05) is 27.7 Å². The molecule has 0 saturated carbocycles. The number of benzene rings is 1. The summed E-state index contributed by atoms with van der Waals surface area (Å²) in [5, 5.41) is 21.5. The Labute approximate surface area is 182 Å². The van der Waals surface area contributed by atoms with Crippen molar-refractivity contribution in [2.75, 3.05) is 18.5 Å². The molecule has 1 rings (SSSR count). The van der Waals surface area contributed by atoms with E-state index in [0.29, 0.717) is 36.4 Å². The Hall–Kier alpha value is -0.890. The van der Waals surface area contributed by atoms with E-state index in [1.165, 1.54) is 6.07 Å². The number of carbonyl (C=O) groups excluding carboxylic acids is 1. The molecule has 0 radical (unpaired) electrons. The average molecular weight is 434 g/mol. The second-order valence-electron chi connectivity index (χ2n) is 7.65. The van der Waals surface area contributed by atoms with Gasteiger partial charge in [-0.25, -0.2) is 0 Å². The lowest BCUT2D eigenvalue weighted by Gasteiger charge is -2.27. The fraction of sp³-hybridized carbons (Fsp3) is 0.667. The summed E-state index contributed by atoms with van der Waals surface area (Å²) in [5.74, 6) is 0.596. The van der Waals surface area contributed by atoms with Crippen LogP contribution >= 0.6 is 25.3 Å². The van der Waals surface area contributed by atoms with Gasteiger partial charge in [-0.3, -0.25) is 4.79 Å². The molecule has 0 amide bonds. The first-order valence-electron chi connectivity index (χ1n) is 9.53. The number of aliphatic hydroxyl groups is 1. The van der Waals surface area contributed by atoms with Crippen molar-refractivity contribution in [3.63, 3.8) is 0 Å². The Bertz CT molecular complexity index is 532. The Morgan fingerprint density at radius 1 is 1.21 bits per heavy atom. The smallest absolute Gasteiger partial charge is 0.153 e. The highest BCUT2D eigenvalue weighted by Crippen LogP contribution is 2.25. The van der Waals surface area contributed by atoms with Gasteiger partial charge in [0.15, 0.2) is 6.29 Å². The Morgan fingerprint density at radius 2 is 1.75 bits per heavy atom. The number of carbonyl (C=O) groups is 1. The summed E-state index contributed by atoms with van der Waals surface area (Å²) < 4.78 is 5.50. The number of phenols is 1. The molecule has 1 atom stereocenters. The lowest BCUT2D eigenvalue weighted by molar-refractivity contribution is 0.0690. The number of ether oxygens (including phenoxy) is 1. The van der Waals surface area contributed by atoms with Crippen molar-refractivity contribution >= 4 is 37.2 Å². The number of anilines is 1. The highest BCUT2D eigenvalue weighted by Gasteiger charge is 2.20. The Kier molecular flexibility index (Phi) is 16.7. The number of aliphatic hydroxyl groups excluding tert-OH is 1. The number of hydrogen-bond acceptors (Lipinski definition) is 7. The maximum atomic E-state index is 10.6. The molecule has 1 unspecified atom stereocenters. The van der Waals surface area contributed by atoms with Gasteiger partial charge in [0.05, 0.1) is 18.3 Å². The highest BCUT2D eigenvalue weighted by atomic mass is 32.1. The van der Waals surface area contributed by atoms with Gasteiger partial charge in [0.2, 0.25) is 0 Å². The summed E-state index contributed by atoms with van der Waals surface area (Å²) in [6.45, 7) is 14.8. The third-order valence-corrected chi connectivity index (χ3v) is 3.22. The molecule has 28 heavy (non-hydrogen) atoms. The van der Waals surface area contributed by atoms with E-state index in [-0.39, 0.29) is 17.4 Å². The summed E-state index contributed by atoms with van der Waals surface area (Å²) >= 11 is 8.43. The van der Waals surface area contributed by atoms with Gasteiger partial charge >= 0.3 is 0 Å². The lowest BCUT2D eigenvalue weighted by Crippen LogP contribution is -2.34. The summed E-state index contributed by atoms with van der Waals surface area (Å²) in [4.78, 5) is 10.0. The van der Waals surface area contributed by atoms with Gasteiger partial charge in [0.25, 0.3) is 0 Å². The van der Waals surface area contributed by atoms with Crippen molar-refractivity contribution in [1.29, 1.82) is 0 Å². The van der Waals surface area contributed by atoms with E-state index < -0.39 is 4.87 Å². The van der Waals surface area contributed by atoms with E-state index >= 15 is 0 Å². The first kappa shape index (κ1) is 29.3. The number of phenolic OH excluding ortho intramolecular Hbond substituents is 1. The van der Waals surface area contributed by atoms with E-state index in [1.54, 1.807) is 12.1 Å². The zero-order valence-corrected chi connectivity index (χ0v) is 20.1. The molecule has 164 valence electrons. The highest BCUT2D eigenvalue weighted by molar-refractivity contribution is 7.82. The molecule has 0 aliphatic carbocycles. The zero-order chi connectivity index (χ0) is 22.3. The third-order valence-electron chi connectivity index (χ3n) is 2.98. The molecule has 0 aliphatic heterocycles. The molecular weight excluding hydrogens is 394 g/mol. The molecule has 1 aromatic carbocycles. The van der Waals surface area contributed by atoms with E-state index in [0.717, 1.165) is 6.42 Å². The summed E-state index contributed by atoms with van der Waals surface area (Å²) in [6.07, 6.45) is 1.67. The van der Waals surface area contributed by atoms with Crippen LogP contribution in [0.15, 0.2) is 18.2 Å². The normalized spacial score (nSPS) is 12.6. The average Bonchev–Trinajstić information content (AvgIpc) is 2.53. The fourth-order valence-electron chi connectivity index (χ4n) is 1.66. The van der Waals surface area contributed by atoms with Crippen molar-refractivity contribution in [2.45, 2.75) is 71.1 Å². The standard InChI is InChI=1S/C13H19NO3S.C5H12O.C3H8S/c1-9(2)17-8-13(3,18)14-11-5-4-10(7-15)12(16)6-11;1-5(2)3-4-6;1-3(2)4/h4-7,9,14,16,18H,8H2,1-3H3;5-6H,3-4H2,1-2H3;3-4H,1-2H3. The molecular formula is C21H39NO4S2. The van der Waals surface area contributed by atoms with E-state index in [1.807, 2.05) is 34.6 Å². The second-order valence-corrected chi connectivity index (χ2v) is 9.67. The van der Waals surface area contributed by atoms with Gasteiger partial charge < -0.3 is 20.3 Å². The predicted molar refractivity (Wildman–Crippen MR) is 126 cm³/mol. The van der Waals surface area contributed by atoms with Crippen molar-refractivity contribution in [3.8, 4) is 5.75 Å². The van der Waals surface area contributed by atoms with Crippen LogP contribution in [0.1, 0.15) is 65.2 Å². The minimum absolute atomic E-state index is 0.0519. The van der Waals surface area contributed by atoms with Crippen molar-refractivity contribution in [1.82, 2.24) is 0 Å². The lowest BCUT2D eigenvalue weighted by atomic mass is 10.2. The molecule has 0 fully saturated rings. The summed E-state index contributed by atoms with van der Waals surface area (Å²) in [5.41, 5.74) is 0.947. The zero-order valence-electron chi connectivity index (χ0n) is 18.3. The Morgan fingerprint density at radius 3 is 2.07 bits per heavy atom. The minimum Gasteiger partial charge on any atom is -0.507 e. The first-order chi connectivity index (χ1) is 12.8. The van der Waals surface area contributed by atoms with Gasteiger partial charge in [-0.2, -0.15) is 12.6 Å². The molecule has 5 nitrogen and oxygen atoms in total. The number of nitrogens with one attached hydrogen (secondary N) is 1. The number of hydrogen-bond donors (Lipinski definition) is 5. The van der Waals surface area contributed by atoms with Crippen LogP contribution in [0.25, 0.3) is 0 Å². The van der Waals surface area contributed by atoms with Gasteiger partial charge in [0, 0.05) is 18.4 Å². The molecule has 0 heterocycles. The first-order valence-corrected chi connectivity index (χ1v) is 10.5. The quantitative estimate of drug-likeness (QED) is 0.226. The van der Waals surface area contributed by atoms with Crippen LogP contribution in [0.5, 0.6) is 5.75 Å². The SMILES string of the molecule is CC(C)CCO.CC(C)OCC(C)(S)Nc1ccc(C=O)c(O)c1.CC(C)S. The maximum Gasteiger partial charge on any atom is 0.153 e. The van der Waals surface area contributed by atoms with Crippen molar-refractivity contribution < 1.29 is 19.7 Å². The molecule has 7 heteroatoms. The molecule has 1 aromatic rings. The van der Waals surface area contributed by atoms with Crippen LogP contribution in [-0.2, 0) is 4.74 Å². The molecule has 0 aliphatic rings.